The minimum Gasteiger partial charge on any atom is -0.380 e. The molecule has 19 heavy (non-hydrogen) atoms. The Kier molecular flexibility index (Phi) is 3.46. The van der Waals surface area contributed by atoms with Crippen LogP contribution in [0.1, 0.15) is 31.2 Å². The zero-order chi connectivity index (χ0) is 13.3. The molecule has 0 atom stereocenters. The molecule has 1 aliphatic heterocycles. The first-order chi connectivity index (χ1) is 9.22. The number of nitrogens with zero attached hydrogens (tertiary/aromatic N) is 2. The van der Waals surface area contributed by atoms with Gasteiger partial charge in [0.15, 0.2) is 0 Å². The van der Waals surface area contributed by atoms with Crippen LogP contribution in [0, 0.1) is 5.41 Å². The second-order valence-corrected chi connectivity index (χ2v) is 6.06. The molecule has 1 aromatic rings. The summed E-state index contributed by atoms with van der Waals surface area (Å²) in [5.74, 6) is 1.06. The van der Waals surface area contributed by atoms with Crippen LogP contribution in [0.5, 0.6) is 0 Å². The van der Waals surface area contributed by atoms with E-state index in [0.29, 0.717) is 18.0 Å². The largest absolute Gasteiger partial charge is 0.380 e. The molecule has 2 heterocycles. The van der Waals surface area contributed by atoms with E-state index < -0.39 is 0 Å². The van der Waals surface area contributed by atoms with Crippen LogP contribution in [0.15, 0.2) is 18.3 Å². The second kappa shape index (κ2) is 5.10. The van der Waals surface area contributed by atoms with E-state index in [0.717, 1.165) is 24.6 Å². The first-order valence-electron chi connectivity index (χ1n) is 7.18. The maximum Gasteiger partial charge on any atom is 0.128 e. The molecule has 104 valence electrons. The minimum atomic E-state index is 0.522. The fourth-order valence-corrected chi connectivity index (χ4v) is 3.21. The van der Waals surface area contributed by atoms with E-state index in [1.54, 1.807) is 0 Å². The van der Waals surface area contributed by atoms with Gasteiger partial charge in [0.2, 0.25) is 0 Å². The van der Waals surface area contributed by atoms with Crippen molar-refractivity contribution >= 4 is 5.82 Å². The lowest BCUT2D eigenvalue weighted by Crippen LogP contribution is -2.48. The molecule has 1 saturated heterocycles. The van der Waals surface area contributed by atoms with Crippen LogP contribution in [0.3, 0.4) is 0 Å². The smallest absolute Gasteiger partial charge is 0.128 e. The van der Waals surface area contributed by atoms with E-state index in [1.165, 1.54) is 25.7 Å². The van der Waals surface area contributed by atoms with Gasteiger partial charge in [-0.15, -0.1) is 0 Å². The summed E-state index contributed by atoms with van der Waals surface area (Å²) >= 11 is 0. The lowest BCUT2D eigenvalue weighted by molar-refractivity contribution is -0.132. The summed E-state index contributed by atoms with van der Waals surface area (Å²) in [6, 6.07) is 4.77. The van der Waals surface area contributed by atoms with Crippen LogP contribution < -0.4 is 10.6 Å². The van der Waals surface area contributed by atoms with Gasteiger partial charge in [-0.1, -0.05) is 6.07 Å². The summed E-state index contributed by atoms with van der Waals surface area (Å²) in [6.45, 7) is 2.52. The van der Waals surface area contributed by atoms with Crippen molar-refractivity contribution in [3.63, 3.8) is 0 Å². The number of pyridine rings is 1. The van der Waals surface area contributed by atoms with Gasteiger partial charge < -0.3 is 15.4 Å². The predicted molar refractivity (Wildman–Crippen MR) is 76.0 cm³/mol. The van der Waals surface area contributed by atoms with Crippen LogP contribution in [0.2, 0.25) is 0 Å². The number of rotatable bonds is 3. The Morgan fingerprint density at radius 3 is 2.58 bits per heavy atom. The van der Waals surface area contributed by atoms with Crippen molar-refractivity contribution in [2.24, 2.45) is 11.1 Å². The van der Waals surface area contributed by atoms with Gasteiger partial charge in [0, 0.05) is 31.2 Å². The van der Waals surface area contributed by atoms with Gasteiger partial charge in [0.25, 0.3) is 0 Å². The molecule has 1 saturated carbocycles. The molecule has 0 aromatic carbocycles. The maximum atomic E-state index is 5.60. The van der Waals surface area contributed by atoms with Gasteiger partial charge in [-0.25, -0.2) is 4.98 Å². The summed E-state index contributed by atoms with van der Waals surface area (Å²) in [5, 5.41) is 0. The number of nitrogens with two attached hydrogens (primary N) is 1. The van der Waals surface area contributed by atoms with Crippen LogP contribution in [-0.2, 0) is 11.3 Å². The molecule has 4 heteroatoms. The molecule has 3 rings (SSSR count). The van der Waals surface area contributed by atoms with Crippen molar-refractivity contribution in [2.45, 2.75) is 38.3 Å². The second-order valence-electron chi connectivity index (χ2n) is 6.06. The first-order valence-corrected chi connectivity index (χ1v) is 7.18. The molecular formula is C15H23N3O. The number of hydrogen-bond acceptors (Lipinski definition) is 4. The minimum absolute atomic E-state index is 0.522. The van der Waals surface area contributed by atoms with Crippen molar-refractivity contribution in [1.29, 1.82) is 0 Å². The van der Waals surface area contributed by atoms with Crippen molar-refractivity contribution in [2.75, 3.05) is 25.2 Å². The van der Waals surface area contributed by atoms with Crippen molar-refractivity contribution in [3.05, 3.63) is 23.9 Å². The topological polar surface area (TPSA) is 51.4 Å². The highest BCUT2D eigenvalue weighted by Crippen LogP contribution is 2.43. The molecule has 0 bridgehead atoms. The van der Waals surface area contributed by atoms with Gasteiger partial charge >= 0.3 is 0 Å². The molecule has 1 spiro atoms. The Bertz CT molecular complexity index is 418. The van der Waals surface area contributed by atoms with Crippen LogP contribution in [-0.4, -0.2) is 31.3 Å². The number of aromatic nitrogens is 1. The fourth-order valence-electron chi connectivity index (χ4n) is 3.21. The number of ether oxygens (including phenoxy) is 1. The standard InChI is InChI=1S/C15H23N3O/c1-18(14-3-2-12(8-16)9-17-14)13-4-6-15(7-5-13)10-19-11-15/h2-3,9,13H,4-8,10-11,16H2,1H3. The third-order valence-electron chi connectivity index (χ3n) is 4.79. The third kappa shape index (κ3) is 2.47. The quantitative estimate of drug-likeness (QED) is 0.903. The zero-order valence-electron chi connectivity index (χ0n) is 11.6. The molecule has 2 aliphatic rings. The molecule has 0 amide bonds. The highest BCUT2D eigenvalue weighted by Gasteiger charge is 2.42. The average Bonchev–Trinajstić information content (AvgIpc) is 2.45. The van der Waals surface area contributed by atoms with E-state index in [4.69, 9.17) is 10.5 Å². The van der Waals surface area contributed by atoms with Crippen LogP contribution >= 0.6 is 0 Å². The van der Waals surface area contributed by atoms with E-state index in [1.807, 2.05) is 6.20 Å². The SMILES string of the molecule is CN(c1ccc(CN)cn1)C1CCC2(CC1)COC2. The van der Waals surface area contributed by atoms with E-state index >= 15 is 0 Å². The van der Waals surface area contributed by atoms with Crippen LogP contribution in [0.25, 0.3) is 0 Å². The lowest BCUT2D eigenvalue weighted by atomic mass is 9.71. The summed E-state index contributed by atoms with van der Waals surface area (Å²) < 4.78 is 5.38. The molecule has 4 nitrogen and oxygen atoms in total. The maximum absolute atomic E-state index is 5.60. The molecule has 1 aromatic heterocycles. The van der Waals surface area contributed by atoms with E-state index in [2.05, 4.69) is 29.1 Å². The third-order valence-corrected chi connectivity index (χ3v) is 4.79. The number of hydrogen-bond donors (Lipinski definition) is 1. The lowest BCUT2D eigenvalue weighted by Gasteiger charge is -2.47. The van der Waals surface area contributed by atoms with Crippen LogP contribution in [0.4, 0.5) is 5.82 Å². The van der Waals surface area contributed by atoms with Gasteiger partial charge in [-0.3, -0.25) is 0 Å². The fraction of sp³-hybridized carbons (Fsp3) is 0.667. The molecule has 0 radical (unpaired) electrons. The van der Waals surface area contributed by atoms with Crippen molar-refractivity contribution < 1.29 is 4.74 Å². The highest BCUT2D eigenvalue weighted by molar-refractivity contribution is 5.39. The zero-order valence-corrected chi connectivity index (χ0v) is 11.6. The Morgan fingerprint density at radius 2 is 2.11 bits per heavy atom. The summed E-state index contributed by atoms with van der Waals surface area (Å²) in [5.41, 5.74) is 7.22. The normalized spacial score (nSPS) is 22.2. The molecule has 0 unspecified atom stereocenters. The predicted octanol–water partition coefficient (Wildman–Crippen LogP) is 1.94. The Morgan fingerprint density at radius 1 is 1.37 bits per heavy atom. The summed E-state index contributed by atoms with van der Waals surface area (Å²) in [7, 11) is 2.16. The Labute approximate surface area is 115 Å². The Hall–Kier alpha value is -1.13. The van der Waals surface area contributed by atoms with E-state index in [-0.39, 0.29) is 0 Å². The van der Waals surface area contributed by atoms with E-state index in [9.17, 15) is 0 Å². The average molecular weight is 261 g/mol. The summed E-state index contributed by atoms with van der Waals surface area (Å²) in [4.78, 5) is 6.84. The van der Waals surface area contributed by atoms with Gasteiger partial charge in [-0.05, 0) is 37.3 Å². The molecule has 1 aliphatic carbocycles. The molecule has 2 N–H and O–H groups in total. The Balaban J connectivity index is 1.62. The van der Waals surface area contributed by atoms with Gasteiger partial charge in [0.05, 0.1) is 13.2 Å². The molecule has 2 fully saturated rings. The number of anilines is 1. The summed E-state index contributed by atoms with van der Waals surface area (Å²) in [6.07, 6.45) is 6.97. The van der Waals surface area contributed by atoms with Crippen molar-refractivity contribution in [3.8, 4) is 0 Å². The highest BCUT2D eigenvalue weighted by atomic mass is 16.5. The first kappa shape index (κ1) is 12.9. The molecular weight excluding hydrogens is 238 g/mol. The van der Waals surface area contributed by atoms with Crippen molar-refractivity contribution in [1.82, 2.24) is 4.98 Å². The van der Waals surface area contributed by atoms with Gasteiger partial charge in [0.1, 0.15) is 5.82 Å². The van der Waals surface area contributed by atoms with Gasteiger partial charge in [-0.2, -0.15) is 0 Å². The monoisotopic (exact) mass is 261 g/mol.